The molecule has 0 fully saturated rings. The van der Waals surface area contributed by atoms with E-state index in [9.17, 15) is 0 Å². The van der Waals surface area contributed by atoms with Crippen molar-refractivity contribution in [2.45, 2.75) is 33.1 Å². The molecule has 25 heavy (non-hydrogen) atoms. The molecule has 0 saturated heterocycles. The minimum atomic E-state index is 1.10. The Labute approximate surface area is 148 Å². The molecule has 0 heterocycles. The second kappa shape index (κ2) is 5.46. The van der Waals surface area contributed by atoms with Gasteiger partial charge in [0.15, 0.2) is 0 Å². The first kappa shape index (κ1) is 14.7. The zero-order valence-corrected chi connectivity index (χ0v) is 14.9. The van der Waals surface area contributed by atoms with Crippen LogP contribution in [0.2, 0.25) is 0 Å². The van der Waals surface area contributed by atoms with Crippen LogP contribution in [-0.4, -0.2) is 0 Å². The van der Waals surface area contributed by atoms with Crippen molar-refractivity contribution in [1.82, 2.24) is 0 Å². The summed E-state index contributed by atoms with van der Waals surface area (Å²) in [7, 11) is 0. The van der Waals surface area contributed by atoms with Crippen LogP contribution in [0.4, 0.5) is 0 Å². The van der Waals surface area contributed by atoms with Crippen LogP contribution in [-0.2, 0) is 12.8 Å². The fraction of sp³-hybridized carbons (Fsp3) is 0.200. The van der Waals surface area contributed by atoms with Gasteiger partial charge in [0.25, 0.3) is 0 Å². The van der Waals surface area contributed by atoms with Gasteiger partial charge in [-0.3, -0.25) is 0 Å². The zero-order valence-electron chi connectivity index (χ0n) is 14.9. The quantitative estimate of drug-likeness (QED) is 0.242. The van der Waals surface area contributed by atoms with Crippen LogP contribution in [0.1, 0.15) is 31.4 Å². The highest BCUT2D eigenvalue weighted by Gasteiger charge is 2.17. The average molecular weight is 322 g/mol. The maximum absolute atomic E-state index is 2.43. The Bertz CT molecular complexity index is 1220. The molecule has 0 N–H and O–H groups in total. The lowest BCUT2D eigenvalue weighted by Crippen LogP contribution is -1.97. The van der Waals surface area contributed by atoms with Gasteiger partial charge >= 0.3 is 0 Å². The third-order valence-corrected chi connectivity index (χ3v) is 5.71. The Hall–Kier alpha value is -2.60. The predicted molar refractivity (Wildman–Crippen MR) is 111 cm³/mol. The first-order valence-corrected chi connectivity index (χ1v) is 9.43. The fourth-order valence-corrected chi connectivity index (χ4v) is 4.70. The molecule has 5 aromatic rings. The predicted octanol–water partition coefficient (Wildman–Crippen LogP) is 7.25. The number of aryl methyl sites for hydroxylation is 2. The minimum absolute atomic E-state index is 1.10. The van der Waals surface area contributed by atoms with Gasteiger partial charge in [-0.05, 0) is 67.1 Å². The number of hydrogen-bond acceptors (Lipinski definition) is 0. The summed E-state index contributed by atoms with van der Waals surface area (Å²) in [4.78, 5) is 0. The summed E-state index contributed by atoms with van der Waals surface area (Å²) in [5.74, 6) is 0. The molecule has 0 unspecified atom stereocenters. The van der Waals surface area contributed by atoms with Gasteiger partial charge < -0.3 is 0 Å². The van der Waals surface area contributed by atoms with E-state index < -0.39 is 0 Å². The van der Waals surface area contributed by atoms with E-state index in [2.05, 4.69) is 74.5 Å². The van der Waals surface area contributed by atoms with Crippen molar-refractivity contribution < 1.29 is 0 Å². The Morgan fingerprint density at radius 3 is 1.96 bits per heavy atom. The molecule has 0 atom stereocenters. The zero-order chi connectivity index (χ0) is 17.0. The molecule has 5 rings (SSSR count). The standard InChI is InChI=1S/C25H22/c1-3-8-19-16(4-2)15-18-11-7-13-21-20-12-5-9-17-10-6-14-22(23(17)20)25(19)24(18)21/h5-7,9-15H,3-4,8H2,1-2H3. The van der Waals surface area contributed by atoms with E-state index in [1.54, 1.807) is 5.56 Å². The lowest BCUT2D eigenvalue weighted by molar-refractivity contribution is 0.910. The fourth-order valence-electron chi connectivity index (χ4n) is 4.70. The Balaban J connectivity index is 2.19. The van der Waals surface area contributed by atoms with Crippen molar-refractivity contribution in [2.24, 2.45) is 0 Å². The van der Waals surface area contributed by atoms with Crippen LogP contribution >= 0.6 is 0 Å². The Morgan fingerprint density at radius 1 is 0.640 bits per heavy atom. The normalized spacial score (nSPS) is 12.1. The third kappa shape index (κ3) is 1.94. The van der Waals surface area contributed by atoms with Crippen molar-refractivity contribution in [3.63, 3.8) is 0 Å². The van der Waals surface area contributed by atoms with E-state index in [-0.39, 0.29) is 0 Å². The van der Waals surface area contributed by atoms with Gasteiger partial charge in [0.1, 0.15) is 0 Å². The minimum Gasteiger partial charge on any atom is -0.0651 e. The highest BCUT2D eigenvalue weighted by Crippen LogP contribution is 2.42. The van der Waals surface area contributed by atoms with Gasteiger partial charge in [0.05, 0.1) is 0 Å². The molecule has 0 bridgehead atoms. The maximum Gasteiger partial charge on any atom is -0.00234 e. The first-order valence-electron chi connectivity index (χ1n) is 9.43. The van der Waals surface area contributed by atoms with Crippen molar-refractivity contribution in [1.29, 1.82) is 0 Å². The van der Waals surface area contributed by atoms with Crippen LogP contribution < -0.4 is 0 Å². The van der Waals surface area contributed by atoms with E-state index >= 15 is 0 Å². The van der Waals surface area contributed by atoms with E-state index in [0.29, 0.717) is 0 Å². The summed E-state index contributed by atoms with van der Waals surface area (Å²) in [6, 6.07) is 22.8. The van der Waals surface area contributed by atoms with E-state index in [1.165, 1.54) is 55.1 Å². The van der Waals surface area contributed by atoms with Gasteiger partial charge in [0.2, 0.25) is 0 Å². The molecule has 0 heteroatoms. The highest BCUT2D eigenvalue weighted by molar-refractivity contribution is 6.33. The lowest BCUT2D eigenvalue weighted by Gasteiger charge is -2.19. The number of rotatable bonds is 3. The molecule has 0 spiro atoms. The van der Waals surface area contributed by atoms with E-state index in [4.69, 9.17) is 0 Å². The summed E-state index contributed by atoms with van der Waals surface area (Å²) in [5.41, 5.74) is 3.07. The Morgan fingerprint density at radius 2 is 1.28 bits per heavy atom. The van der Waals surface area contributed by atoms with Crippen LogP contribution in [0, 0.1) is 0 Å². The molecule has 0 saturated carbocycles. The van der Waals surface area contributed by atoms with E-state index in [1.807, 2.05) is 0 Å². The maximum atomic E-state index is 2.43. The van der Waals surface area contributed by atoms with Crippen LogP contribution in [0.3, 0.4) is 0 Å². The Kier molecular flexibility index (Phi) is 3.21. The average Bonchev–Trinajstić information content (AvgIpc) is 2.66. The van der Waals surface area contributed by atoms with Crippen molar-refractivity contribution >= 4 is 43.1 Å². The highest BCUT2D eigenvalue weighted by atomic mass is 14.2. The summed E-state index contributed by atoms with van der Waals surface area (Å²) in [5, 5.41) is 11.3. The van der Waals surface area contributed by atoms with Crippen molar-refractivity contribution in [3.05, 3.63) is 71.8 Å². The van der Waals surface area contributed by atoms with Crippen LogP contribution in [0.5, 0.6) is 0 Å². The molecule has 0 aliphatic carbocycles. The first-order chi connectivity index (χ1) is 12.3. The number of benzene rings is 5. The molecule has 0 amide bonds. The second-order valence-electron chi connectivity index (χ2n) is 7.11. The number of hydrogen-bond donors (Lipinski definition) is 0. The topological polar surface area (TPSA) is 0 Å². The summed E-state index contributed by atoms with van der Waals surface area (Å²) >= 11 is 0. The van der Waals surface area contributed by atoms with Crippen molar-refractivity contribution in [3.8, 4) is 0 Å². The molecule has 122 valence electrons. The summed E-state index contributed by atoms with van der Waals surface area (Å²) in [6.07, 6.45) is 3.44. The molecular weight excluding hydrogens is 300 g/mol. The molecule has 0 radical (unpaired) electrons. The smallest absolute Gasteiger partial charge is 0.00234 e. The molecule has 5 aromatic carbocycles. The van der Waals surface area contributed by atoms with Gasteiger partial charge in [-0.25, -0.2) is 0 Å². The van der Waals surface area contributed by atoms with E-state index in [0.717, 1.165) is 12.8 Å². The molecule has 0 aromatic heterocycles. The molecule has 0 aliphatic heterocycles. The van der Waals surface area contributed by atoms with Gasteiger partial charge in [-0.1, -0.05) is 80.9 Å². The molecule has 0 aliphatic rings. The molecular formula is C25H22. The largest absolute Gasteiger partial charge is 0.0651 e. The summed E-state index contributed by atoms with van der Waals surface area (Å²) < 4.78 is 0. The van der Waals surface area contributed by atoms with Crippen molar-refractivity contribution in [2.75, 3.05) is 0 Å². The van der Waals surface area contributed by atoms with Gasteiger partial charge in [0, 0.05) is 0 Å². The lowest BCUT2D eigenvalue weighted by atomic mass is 9.84. The van der Waals surface area contributed by atoms with Gasteiger partial charge in [-0.2, -0.15) is 0 Å². The second-order valence-corrected chi connectivity index (χ2v) is 7.11. The van der Waals surface area contributed by atoms with Crippen LogP contribution in [0.15, 0.2) is 60.7 Å². The number of fused-ring (bicyclic) bond motifs is 2. The van der Waals surface area contributed by atoms with Crippen LogP contribution in [0.25, 0.3) is 43.1 Å². The SMILES string of the molecule is CCCc1c(CC)cc2cccc3c4cccc5cccc(c1c23)c54. The van der Waals surface area contributed by atoms with Gasteiger partial charge in [-0.15, -0.1) is 0 Å². The molecule has 0 nitrogen and oxygen atoms in total. The monoisotopic (exact) mass is 322 g/mol. The third-order valence-electron chi connectivity index (χ3n) is 5.71. The summed E-state index contributed by atoms with van der Waals surface area (Å²) in [6.45, 7) is 4.58.